The Bertz CT molecular complexity index is 638. The van der Waals surface area contributed by atoms with Crippen molar-refractivity contribution in [1.82, 2.24) is 0 Å². The molecule has 22 heavy (non-hydrogen) atoms. The van der Waals surface area contributed by atoms with Crippen molar-refractivity contribution in [3.8, 4) is 0 Å². The summed E-state index contributed by atoms with van der Waals surface area (Å²) in [4.78, 5) is 0. The van der Waals surface area contributed by atoms with Crippen LogP contribution >= 0.6 is 0 Å². The molecule has 0 aliphatic heterocycles. The summed E-state index contributed by atoms with van der Waals surface area (Å²) in [6.07, 6.45) is 0. The van der Waals surface area contributed by atoms with E-state index in [2.05, 4.69) is 84.9 Å². The molecule has 0 unspecified atom stereocenters. The zero-order chi connectivity index (χ0) is 16.7. The Morgan fingerprint density at radius 2 is 1.05 bits per heavy atom. The minimum atomic E-state index is -1.01. The second-order valence-corrected chi connectivity index (χ2v) is 7.60. The van der Waals surface area contributed by atoms with Crippen molar-refractivity contribution in [3.63, 3.8) is 0 Å². The van der Waals surface area contributed by atoms with Gasteiger partial charge in [-0.3, -0.25) is 0 Å². The van der Waals surface area contributed by atoms with Crippen LogP contribution in [0.3, 0.4) is 0 Å². The summed E-state index contributed by atoms with van der Waals surface area (Å²) in [5, 5.41) is 11.8. The highest BCUT2D eigenvalue weighted by atomic mass is 16.3. The van der Waals surface area contributed by atoms with Crippen molar-refractivity contribution in [2.75, 3.05) is 0 Å². The third-order valence-corrected chi connectivity index (χ3v) is 4.63. The molecule has 2 aromatic carbocycles. The largest absolute Gasteiger partial charge is 0.380 e. The van der Waals surface area contributed by atoms with Gasteiger partial charge < -0.3 is 5.11 Å². The summed E-state index contributed by atoms with van der Waals surface area (Å²) in [5.74, 6) is 0. The molecule has 0 fully saturated rings. The van der Waals surface area contributed by atoms with Crippen LogP contribution in [0.2, 0.25) is 0 Å². The Morgan fingerprint density at radius 1 is 0.682 bits per heavy atom. The topological polar surface area (TPSA) is 20.2 Å². The van der Waals surface area contributed by atoms with Gasteiger partial charge in [0.25, 0.3) is 0 Å². The van der Waals surface area contributed by atoms with E-state index >= 15 is 0 Å². The van der Waals surface area contributed by atoms with E-state index in [1.807, 2.05) is 0 Å². The molecule has 0 radical (unpaired) electrons. The van der Waals surface area contributed by atoms with Gasteiger partial charge in [0.15, 0.2) is 0 Å². The quantitative estimate of drug-likeness (QED) is 0.807. The zero-order valence-corrected chi connectivity index (χ0v) is 14.9. The Kier molecular flexibility index (Phi) is 4.23. The standard InChI is InChI=1S/C21H28O/c1-14-8-10-18(16(3)12-14)21(22,20(5,6)7)19-11-9-15(2)13-17(19)4/h8-13,22H,1-7H3. The van der Waals surface area contributed by atoms with E-state index in [-0.39, 0.29) is 5.41 Å². The molecule has 1 nitrogen and oxygen atoms in total. The molecule has 0 aromatic heterocycles. The number of rotatable bonds is 2. The Labute approximate surface area is 135 Å². The fourth-order valence-electron chi connectivity index (χ4n) is 3.39. The smallest absolute Gasteiger partial charge is 0.120 e. The average Bonchev–Trinajstić information content (AvgIpc) is 2.36. The minimum Gasteiger partial charge on any atom is -0.380 e. The number of aryl methyl sites for hydroxylation is 4. The van der Waals surface area contributed by atoms with E-state index < -0.39 is 5.60 Å². The van der Waals surface area contributed by atoms with Gasteiger partial charge in [-0.1, -0.05) is 68.3 Å². The highest BCUT2D eigenvalue weighted by molar-refractivity contribution is 5.47. The number of hydrogen-bond donors (Lipinski definition) is 1. The molecule has 0 saturated heterocycles. The van der Waals surface area contributed by atoms with E-state index in [1.165, 1.54) is 11.1 Å². The lowest BCUT2D eigenvalue weighted by Gasteiger charge is -2.43. The summed E-state index contributed by atoms with van der Waals surface area (Å²) in [6, 6.07) is 12.6. The van der Waals surface area contributed by atoms with Gasteiger partial charge in [-0.25, -0.2) is 0 Å². The van der Waals surface area contributed by atoms with E-state index in [9.17, 15) is 5.11 Å². The highest BCUT2D eigenvalue weighted by Gasteiger charge is 2.44. The van der Waals surface area contributed by atoms with E-state index in [0.717, 1.165) is 22.3 Å². The summed E-state index contributed by atoms with van der Waals surface area (Å²) >= 11 is 0. The fraction of sp³-hybridized carbons (Fsp3) is 0.429. The fourth-order valence-corrected chi connectivity index (χ4v) is 3.39. The van der Waals surface area contributed by atoms with Gasteiger partial charge in [0, 0.05) is 0 Å². The average molecular weight is 296 g/mol. The maximum Gasteiger partial charge on any atom is 0.120 e. The molecule has 1 heteroatoms. The number of benzene rings is 2. The molecule has 0 bridgehead atoms. The van der Waals surface area contributed by atoms with Gasteiger partial charge in [0.2, 0.25) is 0 Å². The first kappa shape index (κ1) is 16.8. The molecule has 0 heterocycles. The zero-order valence-electron chi connectivity index (χ0n) is 14.9. The highest BCUT2D eigenvalue weighted by Crippen LogP contribution is 2.47. The van der Waals surface area contributed by atoms with Gasteiger partial charge in [0.1, 0.15) is 5.60 Å². The second-order valence-electron chi connectivity index (χ2n) is 7.60. The van der Waals surface area contributed by atoms with E-state index in [1.54, 1.807) is 0 Å². The van der Waals surface area contributed by atoms with Crippen LogP contribution in [0.4, 0.5) is 0 Å². The first-order valence-corrected chi connectivity index (χ1v) is 7.95. The molecule has 0 atom stereocenters. The molecular formula is C21H28O. The monoisotopic (exact) mass is 296 g/mol. The van der Waals surface area contributed by atoms with Crippen molar-refractivity contribution in [3.05, 3.63) is 69.8 Å². The first-order valence-electron chi connectivity index (χ1n) is 7.95. The van der Waals surface area contributed by atoms with Crippen molar-refractivity contribution < 1.29 is 5.11 Å². The normalized spacial score (nSPS) is 12.5. The van der Waals surface area contributed by atoms with Gasteiger partial charge >= 0.3 is 0 Å². The van der Waals surface area contributed by atoms with Crippen molar-refractivity contribution >= 4 is 0 Å². The van der Waals surface area contributed by atoms with Crippen molar-refractivity contribution in [2.45, 2.75) is 54.1 Å². The SMILES string of the molecule is Cc1ccc(C(O)(c2ccc(C)cc2C)C(C)(C)C)c(C)c1. The third-order valence-electron chi connectivity index (χ3n) is 4.63. The number of hydrogen-bond acceptors (Lipinski definition) is 1. The lowest BCUT2D eigenvalue weighted by molar-refractivity contribution is -0.0269. The van der Waals surface area contributed by atoms with Gasteiger partial charge in [-0.05, 0) is 55.4 Å². The summed E-state index contributed by atoms with van der Waals surface area (Å²) in [7, 11) is 0. The summed E-state index contributed by atoms with van der Waals surface area (Å²) < 4.78 is 0. The van der Waals surface area contributed by atoms with Crippen molar-refractivity contribution in [2.24, 2.45) is 5.41 Å². The van der Waals surface area contributed by atoms with Gasteiger partial charge in [0.05, 0.1) is 0 Å². The molecule has 2 rings (SSSR count). The molecule has 0 amide bonds. The minimum absolute atomic E-state index is 0.312. The van der Waals surface area contributed by atoms with Gasteiger partial charge in [-0.2, -0.15) is 0 Å². The van der Waals surface area contributed by atoms with Crippen LogP contribution in [0.5, 0.6) is 0 Å². The van der Waals surface area contributed by atoms with E-state index in [0.29, 0.717) is 0 Å². The second kappa shape index (κ2) is 5.55. The predicted molar refractivity (Wildman–Crippen MR) is 94.3 cm³/mol. The molecular weight excluding hydrogens is 268 g/mol. The summed E-state index contributed by atoms with van der Waals surface area (Å²) in [5.41, 5.74) is 5.39. The lowest BCUT2D eigenvalue weighted by Crippen LogP contribution is -2.42. The molecule has 1 N–H and O–H groups in total. The molecule has 0 aliphatic carbocycles. The Hall–Kier alpha value is -1.60. The van der Waals surface area contributed by atoms with Crippen LogP contribution in [-0.4, -0.2) is 5.11 Å². The van der Waals surface area contributed by atoms with Gasteiger partial charge in [-0.15, -0.1) is 0 Å². The Balaban J connectivity index is 2.79. The number of aliphatic hydroxyl groups is 1. The van der Waals surface area contributed by atoms with Crippen LogP contribution in [0, 0.1) is 33.1 Å². The summed E-state index contributed by atoms with van der Waals surface area (Å²) in [6.45, 7) is 14.7. The third kappa shape index (κ3) is 2.70. The van der Waals surface area contributed by atoms with Crippen LogP contribution in [0.25, 0.3) is 0 Å². The molecule has 0 saturated carbocycles. The van der Waals surface area contributed by atoms with Crippen LogP contribution in [-0.2, 0) is 5.60 Å². The van der Waals surface area contributed by atoms with Crippen LogP contribution in [0.1, 0.15) is 54.2 Å². The van der Waals surface area contributed by atoms with Crippen LogP contribution < -0.4 is 0 Å². The Morgan fingerprint density at radius 3 is 1.32 bits per heavy atom. The van der Waals surface area contributed by atoms with Crippen LogP contribution in [0.15, 0.2) is 36.4 Å². The van der Waals surface area contributed by atoms with E-state index in [4.69, 9.17) is 0 Å². The maximum absolute atomic E-state index is 11.8. The molecule has 0 spiro atoms. The first-order chi connectivity index (χ1) is 10.1. The molecule has 0 aliphatic rings. The predicted octanol–water partition coefficient (Wildman–Crippen LogP) is 5.20. The lowest BCUT2D eigenvalue weighted by atomic mass is 9.66. The molecule has 2 aromatic rings. The molecule has 118 valence electrons. The van der Waals surface area contributed by atoms with Crippen molar-refractivity contribution in [1.29, 1.82) is 0 Å². The maximum atomic E-state index is 11.8.